The highest BCUT2D eigenvalue weighted by Gasteiger charge is 2.02. The molecule has 0 bridgehead atoms. The molecule has 19 heavy (non-hydrogen) atoms. The fraction of sp³-hybridized carbons (Fsp3) is 0.200. The Bertz CT molecular complexity index is 537. The van der Waals surface area contributed by atoms with Crippen LogP contribution in [0.2, 0.25) is 10.0 Å². The SMILES string of the molecule is Clc1cc(Cl)cc(Oc2cccc(CCCI)c2)c1. The van der Waals surface area contributed by atoms with Crippen molar-refractivity contribution in [2.75, 3.05) is 4.43 Å². The molecule has 0 amide bonds. The molecule has 100 valence electrons. The monoisotopic (exact) mass is 406 g/mol. The molecule has 0 aliphatic heterocycles. The molecule has 0 aliphatic carbocycles. The first-order valence-electron chi connectivity index (χ1n) is 5.96. The van der Waals surface area contributed by atoms with Crippen molar-refractivity contribution in [2.24, 2.45) is 0 Å². The number of hydrogen-bond donors (Lipinski definition) is 0. The molecule has 2 aromatic carbocycles. The van der Waals surface area contributed by atoms with Crippen LogP contribution in [0, 0.1) is 0 Å². The summed E-state index contributed by atoms with van der Waals surface area (Å²) < 4.78 is 6.95. The average molecular weight is 407 g/mol. The number of ether oxygens (including phenoxy) is 1. The van der Waals surface area contributed by atoms with Crippen LogP contribution in [0.25, 0.3) is 0 Å². The van der Waals surface area contributed by atoms with Crippen LogP contribution >= 0.6 is 45.8 Å². The van der Waals surface area contributed by atoms with Crippen LogP contribution in [0.5, 0.6) is 11.5 Å². The molecule has 0 radical (unpaired) electrons. The average Bonchev–Trinajstić information content (AvgIpc) is 2.35. The van der Waals surface area contributed by atoms with E-state index in [2.05, 4.69) is 34.7 Å². The van der Waals surface area contributed by atoms with Crippen molar-refractivity contribution in [3.8, 4) is 11.5 Å². The number of aryl methyl sites for hydroxylation is 1. The van der Waals surface area contributed by atoms with Crippen molar-refractivity contribution in [3.05, 3.63) is 58.1 Å². The quantitative estimate of drug-likeness (QED) is 0.427. The van der Waals surface area contributed by atoms with E-state index in [9.17, 15) is 0 Å². The fourth-order valence-electron chi connectivity index (χ4n) is 1.76. The van der Waals surface area contributed by atoms with E-state index in [1.54, 1.807) is 18.2 Å². The molecule has 0 spiro atoms. The van der Waals surface area contributed by atoms with Crippen molar-refractivity contribution >= 4 is 45.8 Å². The van der Waals surface area contributed by atoms with Crippen LogP contribution in [0.4, 0.5) is 0 Å². The van der Waals surface area contributed by atoms with E-state index in [1.165, 1.54) is 12.0 Å². The minimum atomic E-state index is 0.573. The Kier molecular flexibility index (Phi) is 5.79. The predicted octanol–water partition coefficient (Wildman–Crippen LogP) is 6.15. The second-order valence-electron chi connectivity index (χ2n) is 4.15. The van der Waals surface area contributed by atoms with Crippen LogP contribution < -0.4 is 4.74 Å². The maximum absolute atomic E-state index is 5.95. The maximum atomic E-state index is 5.95. The lowest BCUT2D eigenvalue weighted by atomic mass is 10.1. The van der Waals surface area contributed by atoms with Gasteiger partial charge in [-0.3, -0.25) is 0 Å². The summed E-state index contributed by atoms with van der Waals surface area (Å²) in [5.74, 6) is 1.47. The van der Waals surface area contributed by atoms with Gasteiger partial charge < -0.3 is 4.74 Å². The lowest BCUT2D eigenvalue weighted by Crippen LogP contribution is -1.89. The van der Waals surface area contributed by atoms with Crippen LogP contribution in [-0.4, -0.2) is 4.43 Å². The Hall–Kier alpha value is -0.450. The normalized spacial score (nSPS) is 10.5. The number of rotatable bonds is 5. The van der Waals surface area contributed by atoms with E-state index in [0.717, 1.165) is 16.6 Å². The van der Waals surface area contributed by atoms with Gasteiger partial charge in [-0.1, -0.05) is 57.9 Å². The molecule has 2 rings (SSSR count). The highest BCUT2D eigenvalue weighted by molar-refractivity contribution is 14.1. The molecule has 0 saturated carbocycles. The highest BCUT2D eigenvalue weighted by Crippen LogP contribution is 2.28. The molecule has 0 atom stereocenters. The van der Waals surface area contributed by atoms with E-state index in [1.807, 2.05) is 12.1 Å². The third kappa shape index (κ3) is 4.86. The molecule has 0 heterocycles. The molecular formula is C15H13Cl2IO. The highest BCUT2D eigenvalue weighted by atomic mass is 127. The summed E-state index contributed by atoms with van der Waals surface area (Å²) in [6.45, 7) is 0. The summed E-state index contributed by atoms with van der Waals surface area (Å²) >= 11 is 14.3. The molecule has 0 N–H and O–H groups in total. The first-order valence-corrected chi connectivity index (χ1v) is 8.24. The van der Waals surface area contributed by atoms with Gasteiger partial charge in [0.05, 0.1) is 0 Å². The Balaban J connectivity index is 2.13. The maximum Gasteiger partial charge on any atom is 0.130 e. The Morgan fingerprint density at radius 1 is 0.947 bits per heavy atom. The molecule has 0 unspecified atom stereocenters. The van der Waals surface area contributed by atoms with Gasteiger partial charge in [-0.25, -0.2) is 0 Å². The fourth-order valence-corrected chi connectivity index (χ4v) is 2.65. The van der Waals surface area contributed by atoms with Gasteiger partial charge in [0.2, 0.25) is 0 Å². The van der Waals surface area contributed by atoms with Crippen LogP contribution in [0.15, 0.2) is 42.5 Å². The van der Waals surface area contributed by atoms with Gasteiger partial charge in [0.1, 0.15) is 11.5 Å². The van der Waals surface area contributed by atoms with Gasteiger partial charge in [-0.2, -0.15) is 0 Å². The lowest BCUT2D eigenvalue weighted by molar-refractivity contribution is 0.482. The second kappa shape index (κ2) is 7.36. The summed E-state index contributed by atoms with van der Waals surface area (Å²) in [6, 6.07) is 13.3. The zero-order valence-electron chi connectivity index (χ0n) is 10.2. The van der Waals surface area contributed by atoms with Gasteiger partial charge in [-0.05, 0) is 53.2 Å². The molecule has 2 aromatic rings. The van der Waals surface area contributed by atoms with E-state index in [-0.39, 0.29) is 0 Å². The Morgan fingerprint density at radius 3 is 2.37 bits per heavy atom. The zero-order valence-corrected chi connectivity index (χ0v) is 13.9. The smallest absolute Gasteiger partial charge is 0.130 e. The standard InChI is InChI=1S/C15H13Cl2IO/c16-12-8-13(17)10-15(9-12)19-14-5-1-3-11(7-14)4-2-6-18/h1,3,5,7-10H,2,4,6H2. The molecule has 0 saturated heterocycles. The minimum Gasteiger partial charge on any atom is -0.457 e. The predicted molar refractivity (Wildman–Crippen MR) is 90.2 cm³/mol. The molecule has 1 nitrogen and oxygen atoms in total. The van der Waals surface area contributed by atoms with Gasteiger partial charge >= 0.3 is 0 Å². The number of benzene rings is 2. The van der Waals surface area contributed by atoms with Gasteiger partial charge in [0, 0.05) is 10.0 Å². The molecule has 0 fully saturated rings. The number of hydrogen-bond acceptors (Lipinski definition) is 1. The van der Waals surface area contributed by atoms with Crippen LogP contribution in [0.1, 0.15) is 12.0 Å². The first-order chi connectivity index (χ1) is 9.17. The van der Waals surface area contributed by atoms with Crippen LogP contribution in [-0.2, 0) is 6.42 Å². The van der Waals surface area contributed by atoms with Crippen molar-refractivity contribution in [2.45, 2.75) is 12.8 Å². The lowest BCUT2D eigenvalue weighted by Gasteiger charge is -2.08. The zero-order chi connectivity index (χ0) is 13.7. The van der Waals surface area contributed by atoms with Crippen LogP contribution in [0.3, 0.4) is 0 Å². The molecule has 4 heteroatoms. The second-order valence-corrected chi connectivity index (χ2v) is 6.10. The molecule has 0 aliphatic rings. The molecule has 0 aromatic heterocycles. The third-order valence-electron chi connectivity index (χ3n) is 2.57. The summed E-state index contributed by atoms with van der Waals surface area (Å²) in [5, 5.41) is 1.15. The topological polar surface area (TPSA) is 9.23 Å². The Labute approximate surface area is 137 Å². The number of alkyl halides is 1. The van der Waals surface area contributed by atoms with Gasteiger partial charge in [0.15, 0.2) is 0 Å². The summed E-state index contributed by atoms with van der Waals surface area (Å²) in [7, 11) is 0. The Morgan fingerprint density at radius 2 is 1.68 bits per heavy atom. The van der Waals surface area contributed by atoms with Crippen molar-refractivity contribution < 1.29 is 4.74 Å². The summed E-state index contributed by atoms with van der Waals surface area (Å²) in [4.78, 5) is 0. The van der Waals surface area contributed by atoms with Crippen molar-refractivity contribution in [3.63, 3.8) is 0 Å². The first kappa shape index (κ1) is 14.9. The minimum absolute atomic E-state index is 0.573. The number of halogens is 3. The third-order valence-corrected chi connectivity index (χ3v) is 3.77. The molecular weight excluding hydrogens is 394 g/mol. The summed E-state index contributed by atoms with van der Waals surface area (Å²) in [6.07, 6.45) is 2.24. The van der Waals surface area contributed by atoms with E-state index in [4.69, 9.17) is 27.9 Å². The van der Waals surface area contributed by atoms with E-state index in [0.29, 0.717) is 15.8 Å². The van der Waals surface area contributed by atoms with E-state index < -0.39 is 0 Å². The van der Waals surface area contributed by atoms with Crippen molar-refractivity contribution in [1.82, 2.24) is 0 Å². The van der Waals surface area contributed by atoms with Gasteiger partial charge in [0.25, 0.3) is 0 Å². The van der Waals surface area contributed by atoms with Crippen molar-refractivity contribution in [1.29, 1.82) is 0 Å². The summed E-state index contributed by atoms with van der Waals surface area (Å²) in [5.41, 5.74) is 1.28. The van der Waals surface area contributed by atoms with Gasteiger partial charge in [-0.15, -0.1) is 0 Å². The largest absolute Gasteiger partial charge is 0.457 e. The van der Waals surface area contributed by atoms with E-state index >= 15 is 0 Å².